The largest absolute Gasteiger partial charge is 0.497 e. The highest BCUT2D eigenvalue weighted by Crippen LogP contribution is 2.39. The van der Waals surface area contributed by atoms with Crippen molar-refractivity contribution in [3.8, 4) is 5.75 Å². The maximum Gasteiger partial charge on any atom is 0.241 e. The van der Waals surface area contributed by atoms with E-state index < -0.39 is 0 Å². The van der Waals surface area contributed by atoms with Crippen LogP contribution in [-0.4, -0.2) is 21.9 Å². The zero-order valence-electron chi connectivity index (χ0n) is 14.0. The van der Waals surface area contributed by atoms with Crippen molar-refractivity contribution in [3.63, 3.8) is 0 Å². The first-order chi connectivity index (χ1) is 12.5. The topological polar surface area (TPSA) is 78.0 Å². The number of ether oxygens (including phenoxy) is 1. The predicted octanol–water partition coefficient (Wildman–Crippen LogP) is 4.32. The third-order valence-electron chi connectivity index (χ3n) is 4.55. The summed E-state index contributed by atoms with van der Waals surface area (Å²) in [4.78, 5) is 4.31. The number of nitrogens with zero attached hydrogens (tertiary/aromatic N) is 3. The first kappa shape index (κ1) is 17.0. The zero-order valence-corrected chi connectivity index (χ0v) is 15.5. The number of aromatic nitrogens is 3. The van der Waals surface area contributed by atoms with Gasteiger partial charge >= 0.3 is 0 Å². The number of nitrogens with two attached hydrogens (primary N) is 1. The number of hydrogen-bond acceptors (Lipinski definition) is 5. The highest BCUT2D eigenvalue weighted by Gasteiger charge is 2.31. The van der Waals surface area contributed by atoms with Gasteiger partial charge in [0, 0.05) is 0 Å². The molecule has 3 aromatic rings. The Hall–Kier alpha value is -2.44. The monoisotopic (exact) mass is 389 g/mol. The van der Waals surface area contributed by atoms with Crippen LogP contribution in [0.1, 0.15) is 29.6 Å². The molecule has 1 aliphatic rings. The van der Waals surface area contributed by atoms with E-state index in [1.165, 1.54) is 0 Å². The summed E-state index contributed by atoms with van der Waals surface area (Å²) in [5, 5.41) is 8.80. The Kier molecular flexibility index (Phi) is 4.38. The molecule has 6 nitrogen and oxygen atoms in total. The maximum atomic E-state index is 6.20. The molecule has 0 aliphatic carbocycles. The van der Waals surface area contributed by atoms with Gasteiger partial charge in [-0.3, -0.25) is 0 Å². The number of rotatable bonds is 3. The van der Waals surface area contributed by atoms with E-state index in [4.69, 9.17) is 33.7 Å². The maximum absolute atomic E-state index is 6.20. The Morgan fingerprint density at radius 1 is 1.12 bits per heavy atom. The Morgan fingerprint density at radius 2 is 1.85 bits per heavy atom. The van der Waals surface area contributed by atoms with Gasteiger partial charge in [-0.1, -0.05) is 41.4 Å². The number of nitrogens with one attached hydrogen (secondary N) is 1. The van der Waals surface area contributed by atoms with Gasteiger partial charge in [0.15, 0.2) is 0 Å². The van der Waals surface area contributed by atoms with E-state index in [-0.39, 0.29) is 18.0 Å². The van der Waals surface area contributed by atoms with Crippen molar-refractivity contribution in [1.29, 1.82) is 0 Å². The minimum absolute atomic E-state index is 0.00738. The van der Waals surface area contributed by atoms with Crippen LogP contribution in [0.3, 0.4) is 0 Å². The summed E-state index contributed by atoms with van der Waals surface area (Å²) in [6.07, 6.45) is 0.764. The van der Waals surface area contributed by atoms with E-state index in [0.717, 1.165) is 23.3 Å². The third kappa shape index (κ3) is 3.06. The second-order valence-electron chi connectivity index (χ2n) is 6.13. The lowest BCUT2D eigenvalue weighted by Crippen LogP contribution is -2.28. The molecular formula is C18H17Cl2N5O. The van der Waals surface area contributed by atoms with E-state index in [1.807, 2.05) is 41.1 Å². The molecule has 2 aromatic carbocycles. The van der Waals surface area contributed by atoms with E-state index in [1.54, 1.807) is 13.2 Å². The fourth-order valence-electron chi connectivity index (χ4n) is 3.25. The average Bonchev–Trinajstić information content (AvgIpc) is 3.03. The van der Waals surface area contributed by atoms with Crippen LogP contribution in [0, 0.1) is 0 Å². The molecule has 1 aliphatic heterocycles. The summed E-state index contributed by atoms with van der Waals surface area (Å²) in [5.74, 6) is 1.67. The second kappa shape index (κ2) is 6.70. The molecule has 0 saturated carbocycles. The van der Waals surface area contributed by atoms with Crippen LogP contribution in [0.4, 0.5) is 11.9 Å². The lowest BCUT2D eigenvalue weighted by atomic mass is 9.93. The van der Waals surface area contributed by atoms with Crippen LogP contribution in [-0.2, 0) is 0 Å². The number of halogens is 2. The number of nitrogen functional groups attached to an aromatic ring is 1. The van der Waals surface area contributed by atoms with Crippen LogP contribution in [0.15, 0.2) is 42.5 Å². The summed E-state index contributed by atoms with van der Waals surface area (Å²) in [5.41, 5.74) is 7.96. The van der Waals surface area contributed by atoms with E-state index in [2.05, 4.69) is 15.4 Å². The van der Waals surface area contributed by atoms with Gasteiger partial charge < -0.3 is 15.8 Å². The van der Waals surface area contributed by atoms with Crippen molar-refractivity contribution in [2.24, 2.45) is 0 Å². The summed E-state index contributed by atoms with van der Waals surface area (Å²) in [7, 11) is 1.65. The standard InChI is InChI=1S/C18H17Cl2N5O/c1-26-12-5-2-10(3-6-12)16-9-15(11-4-7-13(19)14(20)8-11)22-18-23-17(21)24-25(16)18/h2-8,15-16H,9H2,1H3,(H3,21,22,23,24)/t15-,16+/m0/s1. The molecule has 0 unspecified atom stereocenters. The van der Waals surface area contributed by atoms with Crippen molar-refractivity contribution in [2.75, 3.05) is 18.2 Å². The van der Waals surface area contributed by atoms with Gasteiger partial charge in [0.2, 0.25) is 11.9 Å². The second-order valence-corrected chi connectivity index (χ2v) is 6.95. The number of hydrogen-bond donors (Lipinski definition) is 2. The van der Waals surface area contributed by atoms with Crippen molar-refractivity contribution in [3.05, 3.63) is 63.6 Å². The van der Waals surface area contributed by atoms with Crippen LogP contribution >= 0.6 is 23.2 Å². The Morgan fingerprint density at radius 3 is 2.54 bits per heavy atom. The van der Waals surface area contributed by atoms with Crippen molar-refractivity contribution in [1.82, 2.24) is 14.8 Å². The summed E-state index contributed by atoms with van der Waals surface area (Å²) in [6, 6.07) is 13.6. The minimum atomic E-state index is -0.0126. The lowest BCUT2D eigenvalue weighted by Gasteiger charge is -2.31. The number of fused-ring (bicyclic) bond motifs is 1. The Bertz CT molecular complexity index is 941. The molecule has 0 amide bonds. The van der Waals surface area contributed by atoms with Gasteiger partial charge in [-0.2, -0.15) is 4.98 Å². The normalized spacial score (nSPS) is 18.9. The fraction of sp³-hybridized carbons (Fsp3) is 0.222. The lowest BCUT2D eigenvalue weighted by molar-refractivity contribution is 0.411. The Balaban J connectivity index is 1.73. The molecule has 2 atom stereocenters. The number of anilines is 2. The zero-order chi connectivity index (χ0) is 18.3. The van der Waals surface area contributed by atoms with Gasteiger partial charge in [-0.25, -0.2) is 4.68 Å². The summed E-state index contributed by atoms with van der Waals surface area (Å²) >= 11 is 12.2. The third-order valence-corrected chi connectivity index (χ3v) is 5.29. The van der Waals surface area contributed by atoms with Crippen molar-refractivity contribution in [2.45, 2.75) is 18.5 Å². The van der Waals surface area contributed by atoms with Crippen LogP contribution in [0.25, 0.3) is 0 Å². The average molecular weight is 390 g/mol. The van der Waals surface area contributed by atoms with Gasteiger partial charge in [-0.15, -0.1) is 5.10 Å². The van der Waals surface area contributed by atoms with Crippen molar-refractivity contribution < 1.29 is 4.74 Å². The Labute approximate surface area is 160 Å². The molecular weight excluding hydrogens is 373 g/mol. The van der Waals surface area contributed by atoms with Crippen LogP contribution in [0.5, 0.6) is 5.75 Å². The SMILES string of the molecule is COc1ccc([C@H]2C[C@@H](c3ccc(Cl)c(Cl)c3)Nc3nc(N)nn32)cc1. The molecule has 2 heterocycles. The molecule has 0 saturated heterocycles. The molecule has 134 valence electrons. The highest BCUT2D eigenvalue weighted by atomic mass is 35.5. The fourth-order valence-corrected chi connectivity index (χ4v) is 3.55. The molecule has 0 radical (unpaired) electrons. The summed E-state index contributed by atoms with van der Waals surface area (Å²) in [6.45, 7) is 0. The first-order valence-electron chi connectivity index (χ1n) is 8.12. The number of benzene rings is 2. The molecule has 1 aromatic heterocycles. The summed E-state index contributed by atoms with van der Waals surface area (Å²) < 4.78 is 7.08. The molecule has 0 bridgehead atoms. The highest BCUT2D eigenvalue weighted by molar-refractivity contribution is 6.42. The molecule has 0 fully saturated rings. The molecule has 0 spiro atoms. The molecule has 3 N–H and O–H groups in total. The minimum Gasteiger partial charge on any atom is -0.497 e. The van der Waals surface area contributed by atoms with Gasteiger partial charge in [-0.05, 0) is 41.8 Å². The van der Waals surface area contributed by atoms with E-state index >= 15 is 0 Å². The molecule has 26 heavy (non-hydrogen) atoms. The first-order valence-corrected chi connectivity index (χ1v) is 8.88. The van der Waals surface area contributed by atoms with E-state index in [9.17, 15) is 0 Å². The van der Waals surface area contributed by atoms with Crippen molar-refractivity contribution >= 4 is 35.1 Å². The predicted molar refractivity (Wildman–Crippen MR) is 103 cm³/mol. The van der Waals surface area contributed by atoms with Gasteiger partial charge in [0.1, 0.15) is 5.75 Å². The molecule has 4 rings (SSSR count). The smallest absolute Gasteiger partial charge is 0.241 e. The van der Waals surface area contributed by atoms with Gasteiger partial charge in [0.25, 0.3) is 0 Å². The van der Waals surface area contributed by atoms with Crippen LogP contribution < -0.4 is 15.8 Å². The van der Waals surface area contributed by atoms with E-state index in [0.29, 0.717) is 16.0 Å². The quantitative estimate of drug-likeness (QED) is 0.697. The van der Waals surface area contributed by atoms with Crippen LogP contribution in [0.2, 0.25) is 10.0 Å². The number of methoxy groups -OCH3 is 1. The molecule has 8 heteroatoms. The van der Waals surface area contributed by atoms with Gasteiger partial charge in [0.05, 0.1) is 29.2 Å².